The number of aryl methyl sites for hydroxylation is 1. The van der Waals surface area contributed by atoms with Gasteiger partial charge in [0.05, 0.1) is 18.0 Å². The van der Waals surface area contributed by atoms with Crippen LogP contribution in [0.1, 0.15) is 29.7 Å². The number of carbonyl (C=O) groups excluding carboxylic acids is 1. The highest BCUT2D eigenvalue weighted by atomic mass is 32.2. The van der Waals surface area contributed by atoms with Gasteiger partial charge in [0.2, 0.25) is 15.9 Å². The van der Waals surface area contributed by atoms with Crippen molar-refractivity contribution in [3.8, 4) is 0 Å². The minimum atomic E-state index is -3.67. The van der Waals surface area contributed by atoms with E-state index in [1.807, 2.05) is 79.7 Å². The summed E-state index contributed by atoms with van der Waals surface area (Å²) < 4.78 is 26.2. The molecule has 1 N–H and O–H groups in total. The van der Waals surface area contributed by atoms with Crippen LogP contribution in [0.15, 0.2) is 84.9 Å². The van der Waals surface area contributed by atoms with E-state index < -0.39 is 16.1 Å². The number of nitrogens with one attached hydrogen (secondary N) is 1. The van der Waals surface area contributed by atoms with Crippen molar-refractivity contribution in [3.05, 3.63) is 102 Å². The van der Waals surface area contributed by atoms with Gasteiger partial charge < -0.3 is 5.32 Å². The Morgan fingerprint density at radius 1 is 0.833 bits per heavy atom. The van der Waals surface area contributed by atoms with E-state index in [1.165, 1.54) is 0 Å². The van der Waals surface area contributed by atoms with E-state index in [1.54, 1.807) is 19.1 Å². The van der Waals surface area contributed by atoms with Crippen molar-refractivity contribution < 1.29 is 13.2 Å². The molecule has 0 saturated carbocycles. The largest absolute Gasteiger partial charge is 0.343 e. The molecule has 0 saturated heterocycles. The second-order valence-corrected chi connectivity index (χ2v) is 9.19. The highest BCUT2D eigenvalue weighted by Gasteiger charge is 2.30. The first kappa shape index (κ1) is 21.6. The molecule has 0 radical (unpaired) electrons. The van der Waals surface area contributed by atoms with Crippen LogP contribution in [0.3, 0.4) is 0 Å². The molecule has 0 fully saturated rings. The monoisotopic (exact) mass is 422 g/mol. The normalized spacial score (nSPS) is 12.4. The van der Waals surface area contributed by atoms with Crippen LogP contribution in [0, 0.1) is 6.92 Å². The number of sulfonamides is 1. The van der Waals surface area contributed by atoms with E-state index in [2.05, 4.69) is 5.32 Å². The van der Waals surface area contributed by atoms with Crippen molar-refractivity contribution in [1.29, 1.82) is 0 Å². The van der Waals surface area contributed by atoms with E-state index in [0.29, 0.717) is 5.69 Å². The topological polar surface area (TPSA) is 66.5 Å². The summed E-state index contributed by atoms with van der Waals surface area (Å²) >= 11 is 0. The van der Waals surface area contributed by atoms with Gasteiger partial charge in [0.15, 0.2) is 0 Å². The molecule has 0 spiro atoms. The molecule has 3 aromatic carbocycles. The standard InChI is InChI=1S/C24H26N2O3S/c1-18-14-16-22(17-15-18)26(30(3,28)29)19(2)24(27)25-23(20-10-6-4-7-11-20)21-12-8-5-9-13-21/h4-17,19,23H,1-3H3,(H,25,27)/t19-/m1/s1. The summed E-state index contributed by atoms with van der Waals surface area (Å²) in [7, 11) is -3.67. The van der Waals surface area contributed by atoms with Gasteiger partial charge in [-0.25, -0.2) is 8.42 Å². The highest BCUT2D eigenvalue weighted by Crippen LogP contribution is 2.25. The number of nitrogens with zero attached hydrogens (tertiary/aromatic N) is 1. The molecule has 1 atom stereocenters. The Morgan fingerprint density at radius 3 is 1.73 bits per heavy atom. The number of benzene rings is 3. The van der Waals surface area contributed by atoms with Gasteiger partial charge >= 0.3 is 0 Å². The molecule has 3 aromatic rings. The van der Waals surface area contributed by atoms with Crippen molar-refractivity contribution in [3.63, 3.8) is 0 Å². The van der Waals surface area contributed by atoms with E-state index in [9.17, 15) is 13.2 Å². The zero-order chi connectivity index (χ0) is 21.7. The van der Waals surface area contributed by atoms with Crippen LogP contribution in [0.2, 0.25) is 0 Å². The summed E-state index contributed by atoms with van der Waals surface area (Å²) in [5, 5.41) is 3.04. The van der Waals surface area contributed by atoms with Gasteiger partial charge in [-0.3, -0.25) is 9.10 Å². The van der Waals surface area contributed by atoms with Crippen molar-refractivity contribution in [2.24, 2.45) is 0 Å². The predicted octanol–water partition coefficient (Wildman–Crippen LogP) is 4.06. The molecular formula is C24H26N2O3S. The fourth-order valence-corrected chi connectivity index (χ4v) is 4.59. The number of hydrogen-bond donors (Lipinski definition) is 1. The average Bonchev–Trinajstić information content (AvgIpc) is 2.73. The Labute approximate surface area is 178 Å². The highest BCUT2D eigenvalue weighted by molar-refractivity contribution is 7.92. The number of carbonyl (C=O) groups is 1. The first-order chi connectivity index (χ1) is 14.3. The van der Waals surface area contributed by atoms with Crippen molar-refractivity contribution in [2.45, 2.75) is 25.9 Å². The molecule has 0 aliphatic carbocycles. The molecule has 0 aliphatic heterocycles. The van der Waals surface area contributed by atoms with Gasteiger partial charge in [-0.2, -0.15) is 0 Å². The summed E-state index contributed by atoms with van der Waals surface area (Å²) in [6, 6.07) is 25.0. The Balaban J connectivity index is 1.93. The molecule has 0 aliphatic rings. The van der Waals surface area contributed by atoms with E-state index in [4.69, 9.17) is 0 Å². The molecular weight excluding hydrogens is 396 g/mol. The van der Waals surface area contributed by atoms with Gasteiger partial charge in [-0.15, -0.1) is 0 Å². The second-order valence-electron chi connectivity index (χ2n) is 7.33. The lowest BCUT2D eigenvalue weighted by Crippen LogP contribution is -2.48. The Bertz CT molecular complexity index is 1040. The number of rotatable bonds is 7. The fraction of sp³-hybridized carbons (Fsp3) is 0.208. The molecule has 3 rings (SSSR count). The predicted molar refractivity (Wildman–Crippen MR) is 121 cm³/mol. The lowest BCUT2D eigenvalue weighted by atomic mass is 9.98. The summed E-state index contributed by atoms with van der Waals surface area (Å²) in [6.45, 7) is 3.53. The smallest absolute Gasteiger partial charge is 0.244 e. The van der Waals surface area contributed by atoms with Gasteiger partial charge in [-0.1, -0.05) is 78.4 Å². The second kappa shape index (κ2) is 9.13. The van der Waals surface area contributed by atoms with Crippen LogP contribution >= 0.6 is 0 Å². The van der Waals surface area contributed by atoms with Crippen molar-refractivity contribution in [2.75, 3.05) is 10.6 Å². The van der Waals surface area contributed by atoms with Gasteiger partial charge in [0.1, 0.15) is 6.04 Å². The molecule has 156 valence electrons. The van der Waals surface area contributed by atoms with Crippen LogP contribution in [0.25, 0.3) is 0 Å². The SMILES string of the molecule is Cc1ccc(N([C@H](C)C(=O)NC(c2ccccc2)c2ccccc2)S(C)(=O)=O)cc1. The van der Waals surface area contributed by atoms with Crippen molar-refractivity contribution in [1.82, 2.24) is 5.32 Å². The third-order valence-electron chi connectivity index (χ3n) is 4.93. The molecule has 0 aromatic heterocycles. The summed E-state index contributed by atoms with van der Waals surface area (Å²) in [5.41, 5.74) is 3.32. The molecule has 0 bridgehead atoms. The molecule has 0 unspecified atom stereocenters. The molecule has 5 nitrogen and oxygen atoms in total. The van der Waals surface area contributed by atoms with E-state index in [-0.39, 0.29) is 11.9 Å². The average molecular weight is 423 g/mol. The lowest BCUT2D eigenvalue weighted by Gasteiger charge is -2.30. The quantitative estimate of drug-likeness (QED) is 0.625. The van der Waals surface area contributed by atoms with Gasteiger partial charge in [0.25, 0.3) is 0 Å². The van der Waals surface area contributed by atoms with E-state index in [0.717, 1.165) is 27.3 Å². The molecule has 30 heavy (non-hydrogen) atoms. The maximum Gasteiger partial charge on any atom is 0.244 e. The number of anilines is 1. The van der Waals surface area contributed by atoms with Crippen LogP contribution in [-0.2, 0) is 14.8 Å². The van der Waals surface area contributed by atoms with Crippen molar-refractivity contribution >= 4 is 21.6 Å². The zero-order valence-electron chi connectivity index (χ0n) is 17.3. The molecule has 6 heteroatoms. The Hall–Kier alpha value is -3.12. The number of amides is 1. The van der Waals surface area contributed by atoms with Crippen LogP contribution in [0.4, 0.5) is 5.69 Å². The number of hydrogen-bond acceptors (Lipinski definition) is 3. The molecule has 0 heterocycles. The van der Waals surface area contributed by atoms with Crippen LogP contribution in [0.5, 0.6) is 0 Å². The zero-order valence-corrected chi connectivity index (χ0v) is 18.1. The minimum Gasteiger partial charge on any atom is -0.343 e. The Kier molecular flexibility index (Phi) is 6.57. The fourth-order valence-electron chi connectivity index (χ4n) is 3.41. The van der Waals surface area contributed by atoms with Crippen LogP contribution < -0.4 is 9.62 Å². The maximum atomic E-state index is 13.2. The summed E-state index contributed by atoms with van der Waals surface area (Å²) in [4.78, 5) is 13.2. The summed E-state index contributed by atoms with van der Waals surface area (Å²) in [5.74, 6) is -0.376. The maximum absolute atomic E-state index is 13.2. The first-order valence-electron chi connectivity index (χ1n) is 9.73. The van der Waals surface area contributed by atoms with Gasteiger partial charge in [-0.05, 0) is 37.1 Å². The summed E-state index contributed by atoms with van der Waals surface area (Å²) in [6.07, 6.45) is 1.11. The van der Waals surface area contributed by atoms with Crippen LogP contribution in [-0.4, -0.2) is 26.6 Å². The first-order valence-corrected chi connectivity index (χ1v) is 11.6. The minimum absolute atomic E-state index is 0.376. The third-order valence-corrected chi connectivity index (χ3v) is 6.17. The molecule has 1 amide bonds. The third kappa shape index (κ3) is 5.07. The van der Waals surface area contributed by atoms with E-state index >= 15 is 0 Å². The lowest BCUT2D eigenvalue weighted by molar-refractivity contribution is -0.122. The Morgan fingerprint density at radius 2 is 1.30 bits per heavy atom. The van der Waals surface area contributed by atoms with Gasteiger partial charge in [0, 0.05) is 0 Å².